The minimum Gasteiger partial charge on any atom is -0.454 e. The Morgan fingerprint density at radius 1 is 1.26 bits per heavy atom. The van der Waals surface area contributed by atoms with Gasteiger partial charge in [-0.1, -0.05) is 11.6 Å². The largest absolute Gasteiger partial charge is 0.454 e. The Morgan fingerprint density at radius 3 is 2.78 bits per heavy atom. The number of ether oxygens (including phenoxy) is 2. The summed E-state index contributed by atoms with van der Waals surface area (Å²) in [7, 11) is 0. The predicted octanol–water partition coefficient (Wildman–Crippen LogP) is 4.44. The molecular weight excluding hydrogens is 334 g/mol. The van der Waals surface area contributed by atoms with Gasteiger partial charge in [0.1, 0.15) is 0 Å². The van der Waals surface area contributed by atoms with Crippen molar-refractivity contribution < 1.29 is 14.3 Å². The van der Waals surface area contributed by atoms with Crippen LogP contribution in [0.1, 0.15) is 5.56 Å². The lowest BCUT2D eigenvalue weighted by atomic mass is 10.2. The van der Waals surface area contributed by atoms with Crippen molar-refractivity contribution in [2.45, 2.75) is 4.90 Å². The van der Waals surface area contributed by atoms with Gasteiger partial charge in [-0.15, -0.1) is 11.8 Å². The maximum Gasteiger partial charge on any atom is 0.248 e. The molecule has 0 fully saturated rings. The van der Waals surface area contributed by atoms with Crippen LogP contribution in [0.2, 0.25) is 5.02 Å². The number of carbonyl (C=O) groups is 1. The topological polar surface area (TPSA) is 47.6 Å². The molecule has 0 saturated carbocycles. The van der Waals surface area contributed by atoms with E-state index < -0.39 is 0 Å². The van der Waals surface area contributed by atoms with Crippen LogP contribution in [0.3, 0.4) is 0 Å². The summed E-state index contributed by atoms with van der Waals surface area (Å²) in [5.74, 6) is 0.919. The molecule has 0 aromatic heterocycles. The van der Waals surface area contributed by atoms with Crippen LogP contribution in [0.15, 0.2) is 47.4 Å². The summed E-state index contributed by atoms with van der Waals surface area (Å²) in [6.07, 6.45) is 5.14. The van der Waals surface area contributed by atoms with Gasteiger partial charge < -0.3 is 14.8 Å². The van der Waals surface area contributed by atoms with E-state index in [1.54, 1.807) is 30.0 Å². The number of benzene rings is 2. The molecule has 3 rings (SSSR count). The Bertz CT molecular complexity index is 759. The summed E-state index contributed by atoms with van der Waals surface area (Å²) < 4.78 is 10.5. The summed E-state index contributed by atoms with van der Waals surface area (Å²) in [4.78, 5) is 13.1. The molecule has 118 valence electrons. The van der Waals surface area contributed by atoms with E-state index >= 15 is 0 Å². The van der Waals surface area contributed by atoms with Crippen LogP contribution < -0.4 is 14.8 Å². The number of fused-ring (bicyclic) bond motifs is 1. The molecular formula is C17H14ClNO3S. The van der Waals surface area contributed by atoms with E-state index in [-0.39, 0.29) is 12.7 Å². The van der Waals surface area contributed by atoms with Gasteiger partial charge in [0.2, 0.25) is 12.7 Å². The lowest BCUT2D eigenvalue weighted by molar-refractivity contribution is -0.111. The third-order valence-electron chi connectivity index (χ3n) is 3.23. The van der Waals surface area contributed by atoms with E-state index in [4.69, 9.17) is 21.1 Å². The minimum absolute atomic E-state index is 0.161. The number of carbonyl (C=O) groups excluding carboxylic acids is 1. The molecule has 0 saturated heterocycles. The molecule has 1 amide bonds. The molecule has 6 heteroatoms. The Labute approximate surface area is 143 Å². The summed E-state index contributed by atoms with van der Waals surface area (Å²) in [5.41, 5.74) is 1.52. The van der Waals surface area contributed by atoms with Crippen LogP contribution in [0.25, 0.3) is 6.08 Å². The molecule has 2 aromatic carbocycles. The van der Waals surface area contributed by atoms with E-state index in [2.05, 4.69) is 5.32 Å². The van der Waals surface area contributed by atoms with Gasteiger partial charge in [0.15, 0.2) is 11.5 Å². The molecule has 4 nitrogen and oxygen atoms in total. The summed E-state index contributed by atoms with van der Waals surface area (Å²) in [6, 6.07) is 11.2. The first-order valence-corrected chi connectivity index (χ1v) is 8.48. The molecule has 0 aliphatic carbocycles. The number of rotatable bonds is 4. The van der Waals surface area contributed by atoms with Gasteiger partial charge >= 0.3 is 0 Å². The fourth-order valence-electron chi connectivity index (χ4n) is 2.11. The lowest BCUT2D eigenvalue weighted by Gasteiger charge is -2.03. The smallest absolute Gasteiger partial charge is 0.248 e. The molecule has 0 unspecified atom stereocenters. The maximum absolute atomic E-state index is 12.0. The van der Waals surface area contributed by atoms with Crippen LogP contribution in [0.5, 0.6) is 11.5 Å². The zero-order valence-electron chi connectivity index (χ0n) is 12.3. The Balaban J connectivity index is 1.67. The van der Waals surface area contributed by atoms with Crippen LogP contribution >= 0.6 is 23.4 Å². The van der Waals surface area contributed by atoms with Crippen LogP contribution in [0.4, 0.5) is 5.69 Å². The third kappa shape index (κ3) is 3.81. The van der Waals surface area contributed by atoms with Gasteiger partial charge in [-0.05, 0) is 54.3 Å². The van der Waals surface area contributed by atoms with E-state index in [9.17, 15) is 4.79 Å². The van der Waals surface area contributed by atoms with Gasteiger partial charge in [-0.25, -0.2) is 0 Å². The van der Waals surface area contributed by atoms with Gasteiger partial charge in [-0.2, -0.15) is 0 Å². The van der Waals surface area contributed by atoms with Crippen molar-refractivity contribution in [2.75, 3.05) is 18.4 Å². The monoisotopic (exact) mass is 347 g/mol. The molecule has 1 N–H and O–H groups in total. The second kappa shape index (κ2) is 6.98. The molecule has 1 aliphatic rings. The van der Waals surface area contributed by atoms with Gasteiger partial charge in [0.25, 0.3) is 0 Å². The summed E-state index contributed by atoms with van der Waals surface area (Å²) in [5, 5.41) is 3.27. The Hall–Kier alpha value is -2.11. The highest BCUT2D eigenvalue weighted by Crippen LogP contribution is 2.40. The Kier molecular flexibility index (Phi) is 4.79. The van der Waals surface area contributed by atoms with Gasteiger partial charge in [0, 0.05) is 16.7 Å². The zero-order chi connectivity index (χ0) is 16.2. The fourth-order valence-corrected chi connectivity index (χ4v) is 2.80. The standard InChI is InChI=1S/C17H14ClNO3S/c1-23-13-5-3-12(4-6-13)19-16(20)7-2-11-8-14(18)17-15(9-11)21-10-22-17/h2-9H,10H2,1H3,(H,19,20)/b7-2+. The summed E-state index contributed by atoms with van der Waals surface area (Å²) in [6.45, 7) is 0.161. The van der Waals surface area contributed by atoms with E-state index in [0.717, 1.165) is 16.1 Å². The number of nitrogens with one attached hydrogen (secondary N) is 1. The molecule has 0 radical (unpaired) electrons. The highest BCUT2D eigenvalue weighted by molar-refractivity contribution is 7.98. The first-order chi connectivity index (χ1) is 11.2. The Morgan fingerprint density at radius 2 is 2.04 bits per heavy atom. The first kappa shape index (κ1) is 15.8. The number of hydrogen-bond acceptors (Lipinski definition) is 4. The number of anilines is 1. The average Bonchev–Trinajstić information content (AvgIpc) is 3.03. The molecule has 0 atom stereocenters. The third-order valence-corrected chi connectivity index (χ3v) is 4.26. The van der Waals surface area contributed by atoms with Gasteiger partial charge in [0.05, 0.1) is 5.02 Å². The number of thioether (sulfide) groups is 1. The van der Waals surface area contributed by atoms with Crippen molar-refractivity contribution in [3.8, 4) is 11.5 Å². The van der Waals surface area contributed by atoms with E-state index in [1.807, 2.05) is 30.5 Å². The minimum atomic E-state index is -0.212. The van der Waals surface area contributed by atoms with Gasteiger partial charge in [-0.3, -0.25) is 4.79 Å². The molecule has 0 bridgehead atoms. The SMILES string of the molecule is CSc1ccc(NC(=O)/C=C/c2cc(Cl)c3c(c2)OCO3)cc1. The van der Waals surface area contributed by atoms with Crippen LogP contribution in [-0.2, 0) is 4.79 Å². The highest BCUT2D eigenvalue weighted by atomic mass is 35.5. The predicted molar refractivity (Wildman–Crippen MR) is 93.5 cm³/mol. The van der Waals surface area contributed by atoms with E-state index in [1.165, 1.54) is 6.08 Å². The molecule has 23 heavy (non-hydrogen) atoms. The second-order valence-corrected chi connectivity index (χ2v) is 6.07. The molecule has 1 heterocycles. The second-order valence-electron chi connectivity index (χ2n) is 4.79. The number of hydrogen-bond donors (Lipinski definition) is 1. The molecule has 2 aromatic rings. The highest BCUT2D eigenvalue weighted by Gasteiger charge is 2.17. The summed E-state index contributed by atoms with van der Waals surface area (Å²) >= 11 is 7.76. The van der Waals surface area contributed by atoms with Crippen molar-refractivity contribution in [2.24, 2.45) is 0 Å². The van der Waals surface area contributed by atoms with Crippen molar-refractivity contribution in [1.29, 1.82) is 0 Å². The quantitative estimate of drug-likeness (QED) is 0.656. The number of halogens is 1. The van der Waals surface area contributed by atoms with Crippen molar-refractivity contribution in [1.82, 2.24) is 0 Å². The van der Waals surface area contributed by atoms with Crippen molar-refractivity contribution in [3.63, 3.8) is 0 Å². The first-order valence-electron chi connectivity index (χ1n) is 6.88. The number of amides is 1. The fraction of sp³-hybridized carbons (Fsp3) is 0.118. The van der Waals surface area contributed by atoms with Crippen molar-refractivity contribution >= 4 is 41.0 Å². The normalized spacial score (nSPS) is 12.6. The lowest BCUT2D eigenvalue weighted by Crippen LogP contribution is -2.07. The maximum atomic E-state index is 12.0. The van der Waals surface area contributed by atoms with Crippen LogP contribution in [-0.4, -0.2) is 19.0 Å². The van der Waals surface area contributed by atoms with Crippen LogP contribution in [0, 0.1) is 0 Å². The van der Waals surface area contributed by atoms with Crippen molar-refractivity contribution in [3.05, 3.63) is 53.1 Å². The molecule has 0 spiro atoms. The van der Waals surface area contributed by atoms with E-state index in [0.29, 0.717) is 16.5 Å². The molecule has 1 aliphatic heterocycles. The zero-order valence-corrected chi connectivity index (χ0v) is 13.9. The average molecular weight is 348 g/mol.